The Bertz CT molecular complexity index is 535. The minimum absolute atomic E-state index is 0.188. The molecule has 0 unspecified atom stereocenters. The molecule has 5 nitrogen and oxygen atoms in total. The molecule has 2 N–H and O–H groups in total. The fourth-order valence-electron chi connectivity index (χ4n) is 1.72. The molecule has 0 saturated heterocycles. The third kappa shape index (κ3) is 2.40. The number of nitrogen functional groups attached to an aromatic ring is 1. The molecular weight excluding hydrogens is 230 g/mol. The second-order valence-electron chi connectivity index (χ2n) is 4.21. The molecule has 1 heterocycles. The normalized spacial score (nSPS) is 10.7. The molecule has 0 fully saturated rings. The summed E-state index contributed by atoms with van der Waals surface area (Å²) in [4.78, 5) is 4.16. The molecule has 0 amide bonds. The predicted molar refractivity (Wildman–Crippen MR) is 70.1 cm³/mol. The number of methoxy groups -OCH3 is 1. The molecule has 2 rings (SSSR count). The van der Waals surface area contributed by atoms with E-state index in [4.69, 9.17) is 15.2 Å². The topological polar surface area (TPSA) is 62.3 Å². The van der Waals surface area contributed by atoms with Crippen LogP contribution in [0.15, 0.2) is 30.5 Å². The maximum Gasteiger partial charge on any atom is 0.303 e. The van der Waals surface area contributed by atoms with E-state index in [0.717, 1.165) is 5.75 Å². The first-order valence-electron chi connectivity index (χ1n) is 5.76. The number of anilines is 1. The fourth-order valence-corrected chi connectivity index (χ4v) is 1.72. The van der Waals surface area contributed by atoms with E-state index in [1.165, 1.54) is 0 Å². The smallest absolute Gasteiger partial charge is 0.303 e. The van der Waals surface area contributed by atoms with Gasteiger partial charge in [-0.3, -0.25) is 4.57 Å². The Balaban J connectivity index is 2.28. The van der Waals surface area contributed by atoms with E-state index in [1.807, 2.05) is 36.6 Å². The standard InChI is InChI=1S/C13H17N3O2/c1-9(2)16-12(14)8-15-13(16)18-11-6-4-5-10(7-11)17-3/h4-9H,14H2,1-3H3. The third-order valence-electron chi connectivity index (χ3n) is 2.56. The number of nitrogens with two attached hydrogens (primary N) is 1. The number of imidazole rings is 1. The van der Waals surface area contributed by atoms with Crippen molar-refractivity contribution < 1.29 is 9.47 Å². The van der Waals surface area contributed by atoms with Gasteiger partial charge in [0.25, 0.3) is 0 Å². The van der Waals surface area contributed by atoms with Crippen molar-refractivity contribution in [3.8, 4) is 17.5 Å². The zero-order valence-corrected chi connectivity index (χ0v) is 10.8. The second kappa shape index (κ2) is 5.00. The van der Waals surface area contributed by atoms with Crippen LogP contribution in [0, 0.1) is 0 Å². The maximum atomic E-state index is 5.85. The molecule has 0 spiro atoms. The zero-order valence-electron chi connectivity index (χ0n) is 10.8. The number of hydrogen-bond acceptors (Lipinski definition) is 4. The van der Waals surface area contributed by atoms with Gasteiger partial charge >= 0.3 is 6.01 Å². The molecule has 0 atom stereocenters. The van der Waals surface area contributed by atoms with Crippen molar-refractivity contribution in [3.05, 3.63) is 30.5 Å². The summed E-state index contributed by atoms with van der Waals surface area (Å²) in [5.41, 5.74) is 5.85. The first-order chi connectivity index (χ1) is 8.61. The SMILES string of the molecule is COc1cccc(Oc2ncc(N)n2C(C)C)c1. The van der Waals surface area contributed by atoms with Gasteiger partial charge in [0.2, 0.25) is 0 Å². The van der Waals surface area contributed by atoms with Gasteiger partial charge in [-0.1, -0.05) is 6.07 Å². The van der Waals surface area contributed by atoms with Gasteiger partial charge in [0.05, 0.1) is 13.3 Å². The number of benzene rings is 1. The average molecular weight is 247 g/mol. The minimum Gasteiger partial charge on any atom is -0.497 e. The summed E-state index contributed by atoms with van der Waals surface area (Å²) in [5.74, 6) is 1.99. The van der Waals surface area contributed by atoms with Crippen LogP contribution in [0.5, 0.6) is 17.5 Å². The van der Waals surface area contributed by atoms with Crippen molar-refractivity contribution in [2.75, 3.05) is 12.8 Å². The van der Waals surface area contributed by atoms with Crippen LogP contribution in [0.1, 0.15) is 19.9 Å². The number of hydrogen-bond donors (Lipinski definition) is 1. The van der Waals surface area contributed by atoms with Crippen LogP contribution < -0.4 is 15.2 Å². The Kier molecular flexibility index (Phi) is 3.41. The van der Waals surface area contributed by atoms with Crippen molar-refractivity contribution >= 4 is 5.82 Å². The maximum absolute atomic E-state index is 5.85. The Morgan fingerprint density at radius 2 is 2.00 bits per heavy atom. The van der Waals surface area contributed by atoms with Gasteiger partial charge in [-0.05, 0) is 26.0 Å². The zero-order chi connectivity index (χ0) is 13.1. The molecule has 5 heteroatoms. The molecule has 0 bridgehead atoms. The lowest BCUT2D eigenvalue weighted by atomic mass is 10.3. The van der Waals surface area contributed by atoms with Crippen LogP contribution in [-0.4, -0.2) is 16.7 Å². The lowest BCUT2D eigenvalue weighted by molar-refractivity contribution is 0.387. The Hall–Kier alpha value is -2.17. The molecule has 0 aliphatic carbocycles. The van der Waals surface area contributed by atoms with E-state index in [-0.39, 0.29) is 6.04 Å². The summed E-state index contributed by atoms with van der Waals surface area (Å²) in [6.07, 6.45) is 1.59. The highest BCUT2D eigenvalue weighted by Gasteiger charge is 2.12. The molecule has 0 radical (unpaired) electrons. The molecule has 0 saturated carbocycles. The van der Waals surface area contributed by atoms with Crippen molar-refractivity contribution in [2.45, 2.75) is 19.9 Å². The van der Waals surface area contributed by atoms with E-state index in [9.17, 15) is 0 Å². The lowest BCUT2D eigenvalue weighted by Crippen LogP contribution is -2.06. The van der Waals surface area contributed by atoms with Crippen LogP contribution in [0.2, 0.25) is 0 Å². The number of rotatable bonds is 4. The summed E-state index contributed by atoms with van der Waals surface area (Å²) in [7, 11) is 1.62. The minimum atomic E-state index is 0.188. The molecule has 0 aliphatic rings. The number of nitrogens with zero attached hydrogens (tertiary/aromatic N) is 2. The van der Waals surface area contributed by atoms with E-state index < -0.39 is 0 Å². The van der Waals surface area contributed by atoms with Crippen LogP contribution >= 0.6 is 0 Å². The van der Waals surface area contributed by atoms with Gasteiger partial charge in [-0.2, -0.15) is 0 Å². The third-order valence-corrected chi connectivity index (χ3v) is 2.56. The summed E-state index contributed by atoms with van der Waals surface area (Å²) in [6.45, 7) is 4.05. The highest BCUT2D eigenvalue weighted by atomic mass is 16.5. The van der Waals surface area contributed by atoms with Crippen LogP contribution in [-0.2, 0) is 0 Å². The Morgan fingerprint density at radius 1 is 1.28 bits per heavy atom. The van der Waals surface area contributed by atoms with Crippen molar-refractivity contribution in [1.29, 1.82) is 0 Å². The van der Waals surface area contributed by atoms with Gasteiger partial charge < -0.3 is 15.2 Å². The van der Waals surface area contributed by atoms with Gasteiger partial charge in [0.15, 0.2) is 0 Å². The van der Waals surface area contributed by atoms with Crippen molar-refractivity contribution in [3.63, 3.8) is 0 Å². The Morgan fingerprint density at radius 3 is 2.67 bits per heavy atom. The van der Waals surface area contributed by atoms with Crippen LogP contribution in [0.3, 0.4) is 0 Å². The highest BCUT2D eigenvalue weighted by molar-refractivity contribution is 5.37. The van der Waals surface area contributed by atoms with Crippen LogP contribution in [0.4, 0.5) is 5.82 Å². The van der Waals surface area contributed by atoms with E-state index in [1.54, 1.807) is 19.4 Å². The molecule has 2 aromatic rings. The van der Waals surface area contributed by atoms with E-state index in [0.29, 0.717) is 17.6 Å². The lowest BCUT2D eigenvalue weighted by Gasteiger charge is -2.13. The van der Waals surface area contributed by atoms with Gasteiger partial charge in [-0.25, -0.2) is 4.98 Å². The monoisotopic (exact) mass is 247 g/mol. The molecule has 96 valence electrons. The fraction of sp³-hybridized carbons (Fsp3) is 0.308. The number of ether oxygens (including phenoxy) is 2. The highest BCUT2D eigenvalue weighted by Crippen LogP contribution is 2.28. The molecular formula is C13H17N3O2. The second-order valence-corrected chi connectivity index (χ2v) is 4.21. The molecule has 1 aromatic heterocycles. The largest absolute Gasteiger partial charge is 0.497 e. The summed E-state index contributed by atoms with van der Waals surface area (Å²) >= 11 is 0. The molecule has 0 aliphatic heterocycles. The van der Waals surface area contributed by atoms with Crippen LogP contribution in [0.25, 0.3) is 0 Å². The Labute approximate surface area is 106 Å². The molecule has 1 aromatic carbocycles. The summed E-state index contributed by atoms with van der Waals surface area (Å²) < 4.78 is 12.7. The average Bonchev–Trinajstić information content (AvgIpc) is 2.70. The van der Waals surface area contributed by atoms with Gasteiger partial charge in [0, 0.05) is 12.1 Å². The summed E-state index contributed by atoms with van der Waals surface area (Å²) in [5, 5.41) is 0. The first kappa shape index (κ1) is 12.3. The first-order valence-corrected chi connectivity index (χ1v) is 5.76. The van der Waals surface area contributed by atoms with E-state index >= 15 is 0 Å². The quantitative estimate of drug-likeness (QED) is 0.902. The summed E-state index contributed by atoms with van der Waals surface area (Å²) in [6, 6.07) is 8.04. The van der Waals surface area contributed by atoms with E-state index in [2.05, 4.69) is 4.98 Å². The van der Waals surface area contributed by atoms with Gasteiger partial charge in [0.1, 0.15) is 17.3 Å². The van der Waals surface area contributed by atoms with Crippen molar-refractivity contribution in [1.82, 2.24) is 9.55 Å². The molecule has 18 heavy (non-hydrogen) atoms. The van der Waals surface area contributed by atoms with Crippen molar-refractivity contribution in [2.24, 2.45) is 0 Å². The number of aromatic nitrogens is 2. The predicted octanol–water partition coefficient (Wildman–Crippen LogP) is 2.85. The van der Waals surface area contributed by atoms with Gasteiger partial charge in [-0.15, -0.1) is 0 Å².